The van der Waals surface area contributed by atoms with Gasteiger partial charge in [-0.05, 0) is 35.6 Å². The van der Waals surface area contributed by atoms with Crippen molar-refractivity contribution in [1.29, 1.82) is 0 Å². The fraction of sp³-hybridized carbons (Fsp3) is 0.167. The molecule has 25 heavy (non-hydrogen) atoms. The van der Waals surface area contributed by atoms with Crippen LogP contribution in [0.1, 0.15) is 28.5 Å². The van der Waals surface area contributed by atoms with Crippen LogP contribution in [0, 0.1) is 0 Å². The van der Waals surface area contributed by atoms with Crippen LogP contribution in [0.3, 0.4) is 0 Å². The molecule has 0 atom stereocenters. The lowest BCUT2D eigenvalue weighted by atomic mass is 10.1. The fourth-order valence-corrected chi connectivity index (χ4v) is 3.54. The summed E-state index contributed by atoms with van der Waals surface area (Å²) >= 11 is 2.77. The van der Waals surface area contributed by atoms with Crippen LogP contribution < -0.4 is 10.6 Å². The number of anilines is 2. The van der Waals surface area contributed by atoms with Crippen molar-refractivity contribution >= 4 is 45.3 Å². The molecule has 0 aliphatic heterocycles. The van der Waals surface area contributed by atoms with Crippen molar-refractivity contribution in [3.05, 3.63) is 63.3 Å². The average Bonchev–Trinajstić information content (AvgIpc) is 3.27. The SMILES string of the molecule is CCc1ccc(NC(=O)Cc2csc(NC(=O)c3ccsc3)n2)cc1. The van der Waals surface area contributed by atoms with Crippen LogP contribution in [-0.4, -0.2) is 16.8 Å². The molecule has 1 aromatic carbocycles. The average molecular weight is 371 g/mol. The van der Waals surface area contributed by atoms with E-state index in [9.17, 15) is 9.59 Å². The second kappa shape index (κ2) is 8.04. The monoisotopic (exact) mass is 371 g/mol. The van der Waals surface area contributed by atoms with Crippen LogP contribution in [0.4, 0.5) is 10.8 Å². The number of nitrogens with one attached hydrogen (secondary N) is 2. The van der Waals surface area contributed by atoms with Crippen LogP contribution >= 0.6 is 22.7 Å². The van der Waals surface area contributed by atoms with Gasteiger partial charge in [0.25, 0.3) is 5.91 Å². The summed E-state index contributed by atoms with van der Waals surface area (Å²) in [7, 11) is 0. The minimum atomic E-state index is -0.192. The lowest BCUT2D eigenvalue weighted by Gasteiger charge is -2.05. The molecule has 128 valence electrons. The van der Waals surface area contributed by atoms with Gasteiger partial charge in [-0.25, -0.2) is 4.98 Å². The lowest BCUT2D eigenvalue weighted by Crippen LogP contribution is -2.15. The maximum atomic E-state index is 12.1. The normalized spacial score (nSPS) is 10.4. The first kappa shape index (κ1) is 17.3. The van der Waals surface area contributed by atoms with E-state index in [4.69, 9.17) is 0 Å². The number of hydrogen-bond acceptors (Lipinski definition) is 5. The summed E-state index contributed by atoms with van der Waals surface area (Å²) in [6, 6.07) is 9.54. The van der Waals surface area contributed by atoms with E-state index in [1.165, 1.54) is 28.2 Å². The second-order valence-electron chi connectivity index (χ2n) is 5.39. The number of amides is 2. The third-order valence-corrected chi connectivity index (χ3v) is 5.03. The third kappa shape index (κ3) is 4.74. The number of thiazole rings is 1. The number of carbonyl (C=O) groups is 2. The van der Waals surface area contributed by atoms with Crippen molar-refractivity contribution in [3.63, 3.8) is 0 Å². The summed E-state index contributed by atoms with van der Waals surface area (Å²) in [5.74, 6) is -0.326. The molecule has 0 saturated carbocycles. The molecule has 0 unspecified atom stereocenters. The highest BCUT2D eigenvalue weighted by Crippen LogP contribution is 2.18. The molecule has 0 aliphatic carbocycles. The first-order valence-corrected chi connectivity index (χ1v) is 9.63. The Morgan fingerprint density at radius 3 is 2.56 bits per heavy atom. The molecule has 0 aliphatic rings. The Morgan fingerprint density at radius 1 is 1.08 bits per heavy atom. The third-order valence-electron chi connectivity index (χ3n) is 3.54. The van der Waals surface area contributed by atoms with Crippen molar-refractivity contribution in [2.45, 2.75) is 19.8 Å². The minimum absolute atomic E-state index is 0.134. The van der Waals surface area contributed by atoms with Crippen LogP contribution in [0.25, 0.3) is 0 Å². The zero-order chi connectivity index (χ0) is 17.6. The molecule has 0 radical (unpaired) electrons. The maximum Gasteiger partial charge on any atom is 0.258 e. The number of aryl methyl sites for hydroxylation is 1. The molecule has 0 bridgehead atoms. The largest absolute Gasteiger partial charge is 0.326 e. The molecule has 3 aromatic rings. The van der Waals surface area contributed by atoms with Crippen molar-refractivity contribution in [1.82, 2.24) is 4.98 Å². The molecule has 0 fully saturated rings. The number of carbonyl (C=O) groups excluding carboxylic acids is 2. The Bertz CT molecular complexity index is 855. The quantitative estimate of drug-likeness (QED) is 0.682. The first-order valence-electron chi connectivity index (χ1n) is 7.81. The number of thiophene rings is 1. The van der Waals surface area contributed by atoms with Crippen molar-refractivity contribution in [2.24, 2.45) is 0 Å². The summed E-state index contributed by atoms with van der Waals surface area (Å²) in [5, 5.41) is 11.5. The van der Waals surface area contributed by atoms with Gasteiger partial charge in [0, 0.05) is 16.4 Å². The van der Waals surface area contributed by atoms with E-state index in [0.29, 0.717) is 16.4 Å². The maximum absolute atomic E-state index is 12.1. The highest BCUT2D eigenvalue weighted by molar-refractivity contribution is 7.14. The van der Waals surface area contributed by atoms with E-state index in [1.807, 2.05) is 29.6 Å². The van der Waals surface area contributed by atoms with E-state index in [0.717, 1.165) is 12.1 Å². The van der Waals surface area contributed by atoms with E-state index in [2.05, 4.69) is 22.5 Å². The van der Waals surface area contributed by atoms with Crippen LogP contribution in [0.5, 0.6) is 0 Å². The standard InChI is InChI=1S/C18H17N3O2S2/c1-2-12-3-5-14(6-4-12)19-16(22)9-15-11-25-18(20-15)21-17(23)13-7-8-24-10-13/h3-8,10-11H,2,9H2,1H3,(H,19,22)(H,20,21,23). The highest BCUT2D eigenvalue weighted by atomic mass is 32.1. The fourth-order valence-electron chi connectivity index (χ4n) is 2.20. The van der Waals surface area contributed by atoms with Crippen LogP contribution in [0.2, 0.25) is 0 Å². The summed E-state index contributed by atoms with van der Waals surface area (Å²) in [5.41, 5.74) is 3.23. The number of hydrogen-bond donors (Lipinski definition) is 2. The Hall–Kier alpha value is -2.51. The van der Waals surface area contributed by atoms with Crippen LogP contribution in [0.15, 0.2) is 46.5 Å². The highest BCUT2D eigenvalue weighted by Gasteiger charge is 2.11. The Labute approximate surface area is 153 Å². The zero-order valence-electron chi connectivity index (χ0n) is 13.6. The van der Waals surface area contributed by atoms with Gasteiger partial charge in [-0.3, -0.25) is 14.9 Å². The molecule has 7 heteroatoms. The molecule has 3 rings (SSSR count). The van der Waals surface area contributed by atoms with Gasteiger partial charge in [-0.2, -0.15) is 11.3 Å². The van der Waals surface area contributed by atoms with Crippen molar-refractivity contribution in [3.8, 4) is 0 Å². The van der Waals surface area contributed by atoms with E-state index < -0.39 is 0 Å². The summed E-state index contributed by atoms with van der Waals surface area (Å²) in [6.45, 7) is 2.09. The van der Waals surface area contributed by atoms with E-state index in [1.54, 1.807) is 16.8 Å². The molecule has 2 amide bonds. The smallest absolute Gasteiger partial charge is 0.258 e. The Balaban J connectivity index is 1.55. The molecular formula is C18H17N3O2S2. The molecule has 0 saturated heterocycles. The summed E-state index contributed by atoms with van der Waals surface area (Å²) in [6.07, 6.45) is 1.13. The van der Waals surface area contributed by atoms with E-state index in [-0.39, 0.29) is 18.2 Å². The zero-order valence-corrected chi connectivity index (χ0v) is 15.2. The lowest BCUT2D eigenvalue weighted by molar-refractivity contribution is -0.115. The van der Waals surface area contributed by atoms with Gasteiger partial charge >= 0.3 is 0 Å². The van der Waals surface area contributed by atoms with Crippen LogP contribution in [-0.2, 0) is 17.6 Å². The summed E-state index contributed by atoms with van der Waals surface area (Å²) in [4.78, 5) is 28.4. The first-order chi connectivity index (χ1) is 12.1. The van der Waals surface area contributed by atoms with Gasteiger partial charge in [0.1, 0.15) is 0 Å². The van der Waals surface area contributed by atoms with Gasteiger partial charge in [0.2, 0.25) is 5.91 Å². The van der Waals surface area contributed by atoms with Gasteiger partial charge in [0.05, 0.1) is 17.7 Å². The van der Waals surface area contributed by atoms with E-state index >= 15 is 0 Å². The van der Waals surface area contributed by atoms with Gasteiger partial charge in [-0.15, -0.1) is 11.3 Å². The molecule has 2 heterocycles. The number of nitrogens with zero attached hydrogens (tertiary/aromatic N) is 1. The Morgan fingerprint density at radius 2 is 1.88 bits per heavy atom. The molecule has 0 spiro atoms. The minimum Gasteiger partial charge on any atom is -0.326 e. The van der Waals surface area contributed by atoms with Crippen molar-refractivity contribution < 1.29 is 9.59 Å². The van der Waals surface area contributed by atoms with Gasteiger partial charge in [0.15, 0.2) is 5.13 Å². The molecule has 2 N–H and O–H groups in total. The number of rotatable bonds is 6. The topological polar surface area (TPSA) is 71.1 Å². The van der Waals surface area contributed by atoms with Gasteiger partial charge < -0.3 is 5.32 Å². The van der Waals surface area contributed by atoms with Crippen molar-refractivity contribution in [2.75, 3.05) is 10.6 Å². The predicted molar refractivity (Wildman–Crippen MR) is 103 cm³/mol. The Kier molecular flexibility index (Phi) is 5.57. The molecular weight excluding hydrogens is 354 g/mol. The molecule has 5 nitrogen and oxygen atoms in total. The number of aromatic nitrogens is 1. The van der Waals surface area contributed by atoms with Gasteiger partial charge in [-0.1, -0.05) is 19.1 Å². The predicted octanol–water partition coefficient (Wildman–Crippen LogP) is 4.20. The summed E-state index contributed by atoms with van der Waals surface area (Å²) < 4.78 is 0. The molecule has 2 aromatic heterocycles. The number of benzene rings is 1. The second-order valence-corrected chi connectivity index (χ2v) is 7.02.